The normalized spacial score (nSPS) is 16.7. The van der Waals surface area contributed by atoms with Crippen molar-refractivity contribution >= 4 is 5.91 Å². The van der Waals surface area contributed by atoms with Crippen LogP contribution >= 0.6 is 0 Å². The van der Waals surface area contributed by atoms with E-state index in [0.717, 1.165) is 54.6 Å². The molecular formula is C23H24N4O. The SMILES string of the molecule is O=C(c1ccc(-c2cncnc2)cc1)N1CCCC[C@@H]1CCc1ccccn1. The van der Waals surface area contributed by atoms with Crippen LogP contribution in [0.4, 0.5) is 0 Å². The third-order valence-corrected chi connectivity index (χ3v) is 5.37. The minimum atomic E-state index is 0.126. The van der Waals surface area contributed by atoms with Gasteiger partial charge in [-0.05, 0) is 61.9 Å². The van der Waals surface area contributed by atoms with E-state index >= 15 is 0 Å². The molecule has 0 aliphatic carbocycles. The molecule has 1 saturated heterocycles. The number of pyridine rings is 1. The van der Waals surface area contributed by atoms with Gasteiger partial charge in [-0.1, -0.05) is 18.2 Å². The van der Waals surface area contributed by atoms with Gasteiger partial charge in [0.1, 0.15) is 6.33 Å². The van der Waals surface area contributed by atoms with Crippen molar-refractivity contribution in [2.24, 2.45) is 0 Å². The number of carbonyl (C=O) groups is 1. The van der Waals surface area contributed by atoms with Gasteiger partial charge in [-0.3, -0.25) is 9.78 Å². The maximum Gasteiger partial charge on any atom is 0.254 e. The standard InChI is InChI=1S/C23H24N4O/c28-23(19-9-7-18(8-10-19)20-15-24-17-25-16-20)27-14-4-2-6-22(27)12-11-21-5-1-3-13-26-21/h1,3,5,7-10,13,15-17,22H,2,4,6,11-12,14H2/t22-/m1/s1. The molecule has 1 fully saturated rings. The number of benzene rings is 1. The van der Waals surface area contributed by atoms with E-state index in [9.17, 15) is 4.79 Å². The zero-order chi connectivity index (χ0) is 19.2. The molecule has 0 radical (unpaired) electrons. The first-order valence-corrected chi connectivity index (χ1v) is 9.87. The summed E-state index contributed by atoms with van der Waals surface area (Å²) < 4.78 is 0. The molecule has 1 aliphatic heterocycles. The van der Waals surface area contributed by atoms with Crippen molar-refractivity contribution in [2.75, 3.05) is 6.54 Å². The zero-order valence-corrected chi connectivity index (χ0v) is 15.9. The monoisotopic (exact) mass is 372 g/mol. The molecule has 0 bridgehead atoms. The molecule has 28 heavy (non-hydrogen) atoms. The maximum atomic E-state index is 13.2. The molecule has 3 heterocycles. The van der Waals surface area contributed by atoms with Crippen molar-refractivity contribution in [3.8, 4) is 11.1 Å². The number of aryl methyl sites for hydroxylation is 1. The predicted octanol–water partition coefficient (Wildman–Crippen LogP) is 4.17. The molecule has 2 aromatic heterocycles. The highest BCUT2D eigenvalue weighted by molar-refractivity contribution is 5.95. The molecule has 5 nitrogen and oxygen atoms in total. The number of likely N-dealkylation sites (tertiary alicyclic amines) is 1. The summed E-state index contributed by atoms with van der Waals surface area (Å²) >= 11 is 0. The Balaban J connectivity index is 1.45. The summed E-state index contributed by atoms with van der Waals surface area (Å²) in [7, 11) is 0. The number of carbonyl (C=O) groups excluding carboxylic acids is 1. The van der Waals surface area contributed by atoms with Crippen LogP contribution in [-0.4, -0.2) is 38.3 Å². The van der Waals surface area contributed by atoms with Crippen molar-refractivity contribution in [3.05, 3.63) is 78.6 Å². The highest BCUT2D eigenvalue weighted by Gasteiger charge is 2.27. The summed E-state index contributed by atoms with van der Waals surface area (Å²) in [5, 5.41) is 0. The molecule has 1 aromatic carbocycles. The number of aromatic nitrogens is 3. The molecule has 0 unspecified atom stereocenters. The summed E-state index contributed by atoms with van der Waals surface area (Å²) in [4.78, 5) is 27.7. The van der Waals surface area contributed by atoms with E-state index in [1.807, 2.05) is 42.6 Å². The van der Waals surface area contributed by atoms with Crippen molar-refractivity contribution < 1.29 is 4.79 Å². The van der Waals surface area contributed by atoms with Gasteiger partial charge in [0, 0.05) is 48.0 Å². The average Bonchev–Trinajstić information content (AvgIpc) is 2.79. The van der Waals surface area contributed by atoms with Gasteiger partial charge >= 0.3 is 0 Å². The van der Waals surface area contributed by atoms with E-state index in [0.29, 0.717) is 0 Å². The fraction of sp³-hybridized carbons (Fsp3) is 0.304. The second-order valence-electron chi connectivity index (χ2n) is 7.21. The van der Waals surface area contributed by atoms with E-state index in [-0.39, 0.29) is 11.9 Å². The lowest BCUT2D eigenvalue weighted by molar-refractivity contribution is 0.0601. The topological polar surface area (TPSA) is 59.0 Å². The van der Waals surface area contributed by atoms with Crippen molar-refractivity contribution in [1.29, 1.82) is 0 Å². The van der Waals surface area contributed by atoms with Crippen LogP contribution in [0.1, 0.15) is 41.7 Å². The first kappa shape index (κ1) is 18.3. The van der Waals surface area contributed by atoms with Crippen LogP contribution in [0.25, 0.3) is 11.1 Å². The number of hydrogen-bond donors (Lipinski definition) is 0. The van der Waals surface area contributed by atoms with Gasteiger partial charge in [0.05, 0.1) is 0 Å². The van der Waals surface area contributed by atoms with Gasteiger partial charge in [0.2, 0.25) is 0 Å². The van der Waals surface area contributed by atoms with Crippen LogP contribution in [0.5, 0.6) is 0 Å². The van der Waals surface area contributed by atoms with Crippen LogP contribution in [0, 0.1) is 0 Å². The Hall–Kier alpha value is -3.08. The smallest absolute Gasteiger partial charge is 0.254 e. The Morgan fingerprint density at radius 3 is 2.57 bits per heavy atom. The van der Waals surface area contributed by atoms with E-state index in [2.05, 4.69) is 25.9 Å². The summed E-state index contributed by atoms with van der Waals surface area (Å²) in [6.45, 7) is 0.833. The highest BCUT2D eigenvalue weighted by atomic mass is 16.2. The predicted molar refractivity (Wildman–Crippen MR) is 109 cm³/mol. The Morgan fingerprint density at radius 1 is 1.00 bits per heavy atom. The van der Waals surface area contributed by atoms with Crippen molar-refractivity contribution in [1.82, 2.24) is 19.9 Å². The molecule has 0 saturated carbocycles. The van der Waals surface area contributed by atoms with E-state index in [1.54, 1.807) is 12.4 Å². The number of rotatable bonds is 5. The Kier molecular flexibility index (Phi) is 5.71. The van der Waals surface area contributed by atoms with Crippen LogP contribution in [0.3, 0.4) is 0 Å². The number of nitrogens with zero attached hydrogens (tertiary/aromatic N) is 4. The lowest BCUT2D eigenvalue weighted by Gasteiger charge is -2.36. The lowest BCUT2D eigenvalue weighted by atomic mass is 9.96. The summed E-state index contributed by atoms with van der Waals surface area (Å²) in [6, 6.07) is 14.1. The van der Waals surface area contributed by atoms with Crippen LogP contribution in [0.2, 0.25) is 0 Å². The summed E-state index contributed by atoms with van der Waals surface area (Å²) in [6.07, 6.45) is 12.1. The number of hydrogen-bond acceptors (Lipinski definition) is 4. The maximum absolute atomic E-state index is 13.2. The van der Waals surface area contributed by atoms with Gasteiger partial charge in [-0.15, -0.1) is 0 Å². The molecule has 4 rings (SSSR count). The average molecular weight is 372 g/mol. The second-order valence-corrected chi connectivity index (χ2v) is 7.21. The summed E-state index contributed by atoms with van der Waals surface area (Å²) in [5.74, 6) is 0.126. The third-order valence-electron chi connectivity index (χ3n) is 5.37. The number of amides is 1. The highest BCUT2D eigenvalue weighted by Crippen LogP contribution is 2.24. The molecule has 1 aliphatic rings. The Labute approximate surface area is 165 Å². The molecule has 1 atom stereocenters. The molecule has 0 N–H and O–H groups in total. The molecule has 1 amide bonds. The van der Waals surface area contributed by atoms with Gasteiger partial charge in [-0.25, -0.2) is 9.97 Å². The van der Waals surface area contributed by atoms with E-state index in [1.165, 1.54) is 12.7 Å². The fourth-order valence-corrected chi connectivity index (χ4v) is 3.85. The molecule has 3 aromatic rings. The Bertz CT molecular complexity index is 897. The van der Waals surface area contributed by atoms with Crippen LogP contribution in [-0.2, 0) is 6.42 Å². The summed E-state index contributed by atoms with van der Waals surface area (Å²) in [5.41, 5.74) is 3.80. The first-order valence-electron chi connectivity index (χ1n) is 9.87. The minimum Gasteiger partial charge on any atom is -0.336 e. The lowest BCUT2D eigenvalue weighted by Crippen LogP contribution is -2.44. The van der Waals surface area contributed by atoms with Gasteiger partial charge in [-0.2, -0.15) is 0 Å². The molecule has 0 spiro atoms. The van der Waals surface area contributed by atoms with Crippen LogP contribution < -0.4 is 0 Å². The van der Waals surface area contributed by atoms with Gasteiger partial charge in [0.25, 0.3) is 5.91 Å². The van der Waals surface area contributed by atoms with Crippen LogP contribution in [0.15, 0.2) is 67.4 Å². The fourth-order valence-electron chi connectivity index (χ4n) is 3.85. The zero-order valence-electron chi connectivity index (χ0n) is 15.9. The molecule has 142 valence electrons. The quantitative estimate of drug-likeness (QED) is 0.675. The minimum absolute atomic E-state index is 0.126. The second kappa shape index (κ2) is 8.74. The Morgan fingerprint density at radius 2 is 1.82 bits per heavy atom. The first-order chi connectivity index (χ1) is 13.8. The van der Waals surface area contributed by atoms with Gasteiger partial charge < -0.3 is 4.90 Å². The molecular weight excluding hydrogens is 348 g/mol. The third kappa shape index (κ3) is 4.25. The van der Waals surface area contributed by atoms with Crippen molar-refractivity contribution in [3.63, 3.8) is 0 Å². The van der Waals surface area contributed by atoms with E-state index in [4.69, 9.17) is 0 Å². The van der Waals surface area contributed by atoms with Gasteiger partial charge in [0.15, 0.2) is 0 Å². The largest absolute Gasteiger partial charge is 0.336 e. The van der Waals surface area contributed by atoms with Crippen molar-refractivity contribution in [2.45, 2.75) is 38.1 Å². The number of piperidine rings is 1. The molecule has 5 heteroatoms. The van der Waals surface area contributed by atoms with E-state index < -0.39 is 0 Å².